The maximum Gasteiger partial charge on any atom is 0.0991 e. The Hall–Kier alpha value is -1.27. The Balaban J connectivity index is 2.62. The summed E-state index contributed by atoms with van der Waals surface area (Å²) in [4.78, 5) is 0. The molecule has 0 heterocycles. The normalized spacial score (nSPS) is 11.6. The van der Waals surface area contributed by atoms with E-state index in [1.54, 1.807) is 24.1 Å². The fourth-order valence-electron chi connectivity index (χ4n) is 0.889. The molecule has 0 bridgehead atoms. The Morgan fingerprint density at radius 3 is 2.33 bits per heavy atom. The molecule has 3 heteroatoms. The van der Waals surface area contributed by atoms with Crippen molar-refractivity contribution in [2.75, 3.05) is 0 Å². The van der Waals surface area contributed by atoms with Crippen LogP contribution in [0.1, 0.15) is 31.9 Å². The van der Waals surface area contributed by atoms with Gasteiger partial charge in [-0.1, -0.05) is 12.1 Å². The van der Waals surface area contributed by atoms with Crippen LogP contribution in [0, 0.1) is 11.3 Å². The molecular weight excluding hydrogens is 204 g/mol. The van der Waals surface area contributed by atoms with Crippen molar-refractivity contribution in [2.45, 2.75) is 25.5 Å². The Morgan fingerprint density at radius 2 is 1.87 bits per heavy atom. The van der Waals surface area contributed by atoms with Crippen LogP contribution >= 0.6 is 11.9 Å². The maximum atomic E-state index is 8.62. The number of hydrogen-bond donors (Lipinski definition) is 0. The lowest BCUT2D eigenvalue weighted by Gasteiger charge is -2.11. The van der Waals surface area contributed by atoms with Gasteiger partial charge in [0.2, 0.25) is 0 Å². The maximum absolute atomic E-state index is 8.62. The molecule has 15 heavy (non-hydrogen) atoms. The van der Waals surface area contributed by atoms with E-state index in [1.165, 1.54) is 0 Å². The van der Waals surface area contributed by atoms with Crippen molar-refractivity contribution in [3.8, 4) is 6.07 Å². The average molecular weight is 218 g/mol. The molecule has 0 aliphatic heterocycles. The summed E-state index contributed by atoms with van der Waals surface area (Å²) in [5, 5.41) is 8.62. The van der Waals surface area contributed by atoms with Crippen LogP contribution in [0.4, 0.5) is 0 Å². The van der Waals surface area contributed by atoms with Gasteiger partial charge in [-0.15, -0.1) is 0 Å². The van der Waals surface area contributed by atoms with Crippen molar-refractivity contribution in [3.63, 3.8) is 0 Å². The summed E-state index contributed by atoms with van der Waals surface area (Å²) in [7, 11) is 0. The summed E-state index contributed by atoms with van der Waals surface area (Å²) < 4.78 is 4.42. The van der Waals surface area contributed by atoms with Crippen LogP contribution in [0.15, 0.2) is 28.7 Å². The number of nitrogens with zero attached hydrogens (tertiary/aromatic N) is 2. The third-order valence-corrected chi connectivity index (χ3v) is 2.33. The van der Waals surface area contributed by atoms with E-state index in [0.29, 0.717) is 5.56 Å². The molecule has 2 nitrogen and oxygen atoms in total. The molecular formula is C12H14N2S. The molecule has 0 radical (unpaired) electrons. The molecule has 0 spiro atoms. The SMILES string of the molecule is CC(C)(C)S/N=C/c1ccc(C#N)cc1. The Kier molecular flexibility index (Phi) is 3.93. The van der Waals surface area contributed by atoms with Crippen LogP contribution in [0.3, 0.4) is 0 Å². The average Bonchev–Trinajstić information content (AvgIpc) is 2.17. The van der Waals surface area contributed by atoms with Crippen molar-refractivity contribution in [1.29, 1.82) is 5.26 Å². The van der Waals surface area contributed by atoms with Crippen molar-refractivity contribution in [2.24, 2.45) is 4.40 Å². The van der Waals surface area contributed by atoms with Gasteiger partial charge in [0.15, 0.2) is 0 Å². The van der Waals surface area contributed by atoms with Gasteiger partial charge in [-0.2, -0.15) is 5.26 Å². The third kappa shape index (κ3) is 4.66. The predicted molar refractivity (Wildman–Crippen MR) is 66.1 cm³/mol. The zero-order valence-corrected chi connectivity index (χ0v) is 10.0. The molecule has 0 aliphatic carbocycles. The van der Waals surface area contributed by atoms with E-state index in [4.69, 9.17) is 5.26 Å². The first-order chi connectivity index (χ1) is 7.01. The van der Waals surface area contributed by atoms with Crippen LogP contribution in [-0.2, 0) is 0 Å². The standard InChI is InChI=1S/C12H14N2S/c1-12(2,3)15-14-9-11-6-4-10(8-13)5-7-11/h4-7,9H,1-3H3/b14-9+. The molecule has 0 saturated carbocycles. The summed E-state index contributed by atoms with van der Waals surface area (Å²) in [5.41, 5.74) is 1.70. The minimum atomic E-state index is 0.142. The quantitative estimate of drug-likeness (QED) is 0.563. The summed E-state index contributed by atoms with van der Waals surface area (Å²) >= 11 is 1.54. The Bertz CT molecular complexity index is 380. The zero-order valence-electron chi connectivity index (χ0n) is 9.19. The van der Waals surface area contributed by atoms with E-state index in [9.17, 15) is 0 Å². The van der Waals surface area contributed by atoms with Crippen molar-refractivity contribution in [3.05, 3.63) is 35.4 Å². The van der Waals surface area contributed by atoms with E-state index in [0.717, 1.165) is 5.56 Å². The van der Waals surface area contributed by atoms with Gasteiger partial charge < -0.3 is 0 Å². The summed E-state index contributed by atoms with van der Waals surface area (Å²) in [6, 6.07) is 9.46. The zero-order chi connectivity index (χ0) is 11.3. The molecule has 0 aromatic heterocycles. The second kappa shape index (κ2) is 4.99. The van der Waals surface area contributed by atoms with E-state index in [1.807, 2.05) is 18.3 Å². The van der Waals surface area contributed by atoms with Crippen molar-refractivity contribution in [1.82, 2.24) is 0 Å². The first-order valence-corrected chi connectivity index (χ1v) is 5.50. The molecule has 0 amide bonds. The molecule has 78 valence electrons. The number of hydrogen-bond acceptors (Lipinski definition) is 3. The van der Waals surface area contributed by atoms with Crippen LogP contribution in [0.5, 0.6) is 0 Å². The smallest absolute Gasteiger partial charge is 0.0991 e. The van der Waals surface area contributed by atoms with Gasteiger partial charge in [0.05, 0.1) is 11.6 Å². The fourth-order valence-corrected chi connectivity index (χ4v) is 1.38. The molecule has 0 atom stereocenters. The van der Waals surface area contributed by atoms with E-state index in [-0.39, 0.29) is 4.75 Å². The monoisotopic (exact) mass is 218 g/mol. The Labute approximate surface area is 95.2 Å². The fraction of sp³-hybridized carbons (Fsp3) is 0.333. The van der Waals surface area contributed by atoms with Gasteiger partial charge in [0, 0.05) is 11.0 Å². The van der Waals surface area contributed by atoms with E-state index < -0.39 is 0 Å². The largest absolute Gasteiger partial charge is 0.223 e. The summed E-state index contributed by atoms with van der Waals surface area (Å²) in [6.45, 7) is 6.36. The summed E-state index contributed by atoms with van der Waals surface area (Å²) in [6.07, 6.45) is 1.82. The highest BCUT2D eigenvalue weighted by Gasteiger charge is 2.08. The predicted octanol–water partition coefficient (Wildman–Crippen LogP) is 3.42. The van der Waals surface area contributed by atoms with Gasteiger partial charge in [0.1, 0.15) is 0 Å². The third-order valence-electron chi connectivity index (χ3n) is 1.57. The second-order valence-electron chi connectivity index (χ2n) is 4.17. The van der Waals surface area contributed by atoms with E-state index in [2.05, 4.69) is 31.2 Å². The molecule has 0 fully saturated rings. The van der Waals surface area contributed by atoms with Crippen LogP contribution < -0.4 is 0 Å². The Morgan fingerprint density at radius 1 is 1.27 bits per heavy atom. The highest BCUT2D eigenvalue weighted by atomic mass is 32.2. The topological polar surface area (TPSA) is 36.1 Å². The van der Waals surface area contributed by atoms with Gasteiger partial charge in [-0.25, -0.2) is 4.40 Å². The first kappa shape index (κ1) is 11.8. The van der Waals surface area contributed by atoms with Crippen LogP contribution in [0.2, 0.25) is 0 Å². The minimum absolute atomic E-state index is 0.142. The molecule has 0 saturated heterocycles. The lowest BCUT2D eigenvalue weighted by atomic mass is 10.2. The minimum Gasteiger partial charge on any atom is -0.223 e. The van der Waals surface area contributed by atoms with Gasteiger partial charge >= 0.3 is 0 Å². The molecule has 0 N–H and O–H groups in total. The van der Waals surface area contributed by atoms with Crippen LogP contribution in [0.25, 0.3) is 0 Å². The first-order valence-electron chi connectivity index (χ1n) is 4.73. The lowest BCUT2D eigenvalue weighted by Crippen LogP contribution is -2.04. The van der Waals surface area contributed by atoms with Crippen molar-refractivity contribution >= 4 is 18.2 Å². The lowest BCUT2D eigenvalue weighted by molar-refractivity contribution is 0.804. The number of nitriles is 1. The van der Waals surface area contributed by atoms with Gasteiger partial charge in [-0.05, 0) is 50.4 Å². The van der Waals surface area contributed by atoms with Gasteiger partial charge in [-0.3, -0.25) is 0 Å². The molecule has 1 rings (SSSR count). The highest BCUT2D eigenvalue weighted by molar-refractivity contribution is 7.99. The molecule has 0 unspecified atom stereocenters. The molecule has 1 aromatic carbocycles. The molecule has 0 aliphatic rings. The van der Waals surface area contributed by atoms with Crippen LogP contribution in [-0.4, -0.2) is 11.0 Å². The molecule has 1 aromatic rings. The van der Waals surface area contributed by atoms with Gasteiger partial charge in [0.25, 0.3) is 0 Å². The second-order valence-corrected chi connectivity index (χ2v) is 5.79. The summed E-state index contributed by atoms with van der Waals surface area (Å²) in [5.74, 6) is 0. The van der Waals surface area contributed by atoms with Crippen molar-refractivity contribution < 1.29 is 0 Å². The number of benzene rings is 1. The highest BCUT2D eigenvalue weighted by Crippen LogP contribution is 2.23. The number of rotatable bonds is 2. The van der Waals surface area contributed by atoms with E-state index >= 15 is 0 Å².